The number of aromatic nitrogens is 1. The summed E-state index contributed by atoms with van der Waals surface area (Å²) in [5.41, 5.74) is 2.49. The molecule has 1 aromatic carbocycles. The fourth-order valence-electron chi connectivity index (χ4n) is 3.01. The largest absolute Gasteiger partial charge is 0.378 e. The summed E-state index contributed by atoms with van der Waals surface area (Å²) in [5.74, 6) is -0.354. The third-order valence-corrected chi connectivity index (χ3v) is 4.52. The molecule has 1 aromatic heterocycles. The Bertz CT molecular complexity index is 781. The van der Waals surface area contributed by atoms with E-state index in [2.05, 4.69) is 10.3 Å². The van der Waals surface area contributed by atoms with Gasteiger partial charge in [0.1, 0.15) is 5.69 Å². The van der Waals surface area contributed by atoms with Gasteiger partial charge in [0.2, 0.25) is 0 Å². The summed E-state index contributed by atoms with van der Waals surface area (Å²) in [6.45, 7) is 1.56. The molecule has 0 atom stereocenters. The normalized spacial score (nSPS) is 14.0. The van der Waals surface area contributed by atoms with Gasteiger partial charge < -0.3 is 15.1 Å². The summed E-state index contributed by atoms with van der Waals surface area (Å²) in [6, 6.07) is 10.8. The van der Waals surface area contributed by atoms with Crippen molar-refractivity contribution in [2.75, 3.05) is 37.4 Å². The van der Waals surface area contributed by atoms with Crippen LogP contribution in [0.2, 0.25) is 0 Å². The van der Waals surface area contributed by atoms with Gasteiger partial charge in [-0.15, -0.1) is 0 Å². The molecule has 1 N–H and O–H groups in total. The highest BCUT2D eigenvalue weighted by molar-refractivity contribution is 6.04. The maximum atomic E-state index is 12.6. The summed E-state index contributed by atoms with van der Waals surface area (Å²) < 4.78 is 0. The minimum Gasteiger partial charge on any atom is -0.378 e. The standard InChI is InChI=1S/C20H24N4O2/c1-23(2)17-8-6-16(7-9-17)22-19(25)18-14-15(10-11-21-18)20(26)24-12-4-3-5-13-24/h6-11,14H,3-5,12-13H2,1-2H3,(H,22,25). The van der Waals surface area contributed by atoms with E-state index in [0.717, 1.165) is 31.6 Å². The van der Waals surface area contributed by atoms with Gasteiger partial charge in [-0.3, -0.25) is 14.6 Å². The topological polar surface area (TPSA) is 65.5 Å². The smallest absolute Gasteiger partial charge is 0.274 e. The van der Waals surface area contributed by atoms with Crippen molar-refractivity contribution in [3.63, 3.8) is 0 Å². The lowest BCUT2D eigenvalue weighted by Crippen LogP contribution is -2.35. The maximum absolute atomic E-state index is 12.6. The van der Waals surface area contributed by atoms with Gasteiger partial charge in [-0.25, -0.2) is 0 Å². The number of amides is 2. The van der Waals surface area contributed by atoms with E-state index in [1.807, 2.05) is 48.2 Å². The number of anilines is 2. The fourth-order valence-corrected chi connectivity index (χ4v) is 3.01. The number of rotatable bonds is 4. The first-order valence-electron chi connectivity index (χ1n) is 8.88. The molecule has 0 radical (unpaired) electrons. The number of nitrogens with zero attached hydrogens (tertiary/aromatic N) is 3. The quantitative estimate of drug-likeness (QED) is 0.919. The van der Waals surface area contributed by atoms with Crippen LogP contribution in [-0.4, -0.2) is 48.9 Å². The molecule has 0 saturated carbocycles. The molecule has 1 fully saturated rings. The van der Waals surface area contributed by atoms with Crippen molar-refractivity contribution < 1.29 is 9.59 Å². The molecule has 2 heterocycles. The Kier molecular flexibility index (Phi) is 5.51. The van der Waals surface area contributed by atoms with E-state index in [1.54, 1.807) is 12.1 Å². The SMILES string of the molecule is CN(C)c1ccc(NC(=O)c2cc(C(=O)N3CCCCC3)ccn2)cc1. The molecule has 2 amide bonds. The van der Waals surface area contributed by atoms with Crippen molar-refractivity contribution in [3.8, 4) is 0 Å². The number of nitrogens with one attached hydrogen (secondary N) is 1. The summed E-state index contributed by atoms with van der Waals surface area (Å²) in [4.78, 5) is 33.0. The highest BCUT2D eigenvalue weighted by Gasteiger charge is 2.19. The van der Waals surface area contributed by atoms with Crippen LogP contribution in [0.5, 0.6) is 0 Å². The Labute approximate surface area is 153 Å². The van der Waals surface area contributed by atoms with E-state index in [0.29, 0.717) is 11.3 Å². The molecular weight excluding hydrogens is 328 g/mol. The van der Waals surface area contributed by atoms with Gasteiger partial charge in [-0.2, -0.15) is 0 Å². The molecule has 26 heavy (non-hydrogen) atoms. The van der Waals surface area contributed by atoms with Gasteiger partial charge in [-0.05, 0) is 55.7 Å². The van der Waals surface area contributed by atoms with Crippen LogP contribution in [0.4, 0.5) is 11.4 Å². The zero-order valence-corrected chi connectivity index (χ0v) is 15.2. The maximum Gasteiger partial charge on any atom is 0.274 e. The van der Waals surface area contributed by atoms with E-state index in [1.165, 1.54) is 12.6 Å². The molecule has 0 aliphatic carbocycles. The lowest BCUT2D eigenvalue weighted by Gasteiger charge is -2.26. The van der Waals surface area contributed by atoms with Gasteiger partial charge in [-0.1, -0.05) is 0 Å². The van der Waals surface area contributed by atoms with Crippen LogP contribution in [-0.2, 0) is 0 Å². The van der Waals surface area contributed by atoms with Crippen LogP contribution in [0.1, 0.15) is 40.1 Å². The summed E-state index contributed by atoms with van der Waals surface area (Å²) in [7, 11) is 3.92. The second-order valence-electron chi connectivity index (χ2n) is 6.68. The number of carbonyl (C=O) groups excluding carboxylic acids is 2. The molecule has 0 bridgehead atoms. The predicted molar refractivity (Wildman–Crippen MR) is 103 cm³/mol. The molecule has 136 valence electrons. The van der Waals surface area contributed by atoms with E-state index in [4.69, 9.17) is 0 Å². The lowest BCUT2D eigenvalue weighted by atomic mass is 10.1. The number of pyridine rings is 1. The van der Waals surface area contributed by atoms with Crippen LogP contribution in [0.3, 0.4) is 0 Å². The number of hydrogen-bond donors (Lipinski definition) is 1. The van der Waals surface area contributed by atoms with Crippen LogP contribution in [0, 0.1) is 0 Å². The van der Waals surface area contributed by atoms with Crippen LogP contribution < -0.4 is 10.2 Å². The molecule has 3 rings (SSSR count). The van der Waals surface area contributed by atoms with Crippen molar-refractivity contribution >= 4 is 23.2 Å². The van der Waals surface area contributed by atoms with Crippen LogP contribution in [0.15, 0.2) is 42.6 Å². The van der Waals surface area contributed by atoms with Gasteiger partial charge >= 0.3 is 0 Å². The third-order valence-electron chi connectivity index (χ3n) is 4.52. The Morgan fingerprint density at radius 1 is 1.04 bits per heavy atom. The Morgan fingerprint density at radius 3 is 2.38 bits per heavy atom. The molecule has 2 aromatic rings. The molecule has 1 saturated heterocycles. The van der Waals surface area contributed by atoms with Crippen molar-refractivity contribution in [1.82, 2.24) is 9.88 Å². The first-order valence-corrected chi connectivity index (χ1v) is 8.88. The minimum absolute atomic E-state index is 0.0310. The first kappa shape index (κ1) is 17.9. The summed E-state index contributed by atoms with van der Waals surface area (Å²) in [5, 5.41) is 2.83. The molecule has 0 unspecified atom stereocenters. The number of piperidine rings is 1. The second-order valence-corrected chi connectivity index (χ2v) is 6.68. The first-order chi connectivity index (χ1) is 12.5. The van der Waals surface area contributed by atoms with E-state index >= 15 is 0 Å². The van der Waals surface area contributed by atoms with Gasteiger partial charge in [0.05, 0.1) is 0 Å². The highest BCUT2D eigenvalue weighted by atomic mass is 16.2. The van der Waals surface area contributed by atoms with Crippen LogP contribution in [0.25, 0.3) is 0 Å². The third kappa shape index (κ3) is 4.20. The molecule has 0 spiro atoms. The molecule has 1 aliphatic rings. The Balaban J connectivity index is 1.70. The number of benzene rings is 1. The van der Waals surface area contributed by atoms with E-state index in [9.17, 15) is 9.59 Å². The van der Waals surface area contributed by atoms with Crippen molar-refractivity contribution in [2.45, 2.75) is 19.3 Å². The van der Waals surface area contributed by atoms with Gasteiger partial charge in [0.15, 0.2) is 0 Å². The van der Waals surface area contributed by atoms with Crippen molar-refractivity contribution in [2.24, 2.45) is 0 Å². The summed E-state index contributed by atoms with van der Waals surface area (Å²) in [6.07, 6.45) is 4.75. The zero-order valence-electron chi connectivity index (χ0n) is 15.2. The average Bonchev–Trinajstić information content (AvgIpc) is 2.68. The molecule has 1 aliphatic heterocycles. The average molecular weight is 352 g/mol. The van der Waals surface area contributed by atoms with Crippen LogP contribution >= 0.6 is 0 Å². The zero-order chi connectivity index (χ0) is 18.5. The Hall–Kier alpha value is -2.89. The number of hydrogen-bond acceptors (Lipinski definition) is 4. The summed E-state index contributed by atoms with van der Waals surface area (Å²) >= 11 is 0. The minimum atomic E-state index is -0.323. The molecule has 6 heteroatoms. The van der Waals surface area contributed by atoms with E-state index in [-0.39, 0.29) is 17.5 Å². The van der Waals surface area contributed by atoms with Crippen molar-refractivity contribution in [1.29, 1.82) is 0 Å². The van der Waals surface area contributed by atoms with E-state index < -0.39 is 0 Å². The fraction of sp³-hybridized carbons (Fsp3) is 0.350. The lowest BCUT2D eigenvalue weighted by molar-refractivity contribution is 0.0724. The monoisotopic (exact) mass is 352 g/mol. The molecular formula is C20H24N4O2. The van der Waals surface area contributed by atoms with Gasteiger partial charge in [0.25, 0.3) is 11.8 Å². The van der Waals surface area contributed by atoms with Gasteiger partial charge in [0, 0.05) is 50.3 Å². The van der Waals surface area contributed by atoms with Crippen molar-refractivity contribution in [3.05, 3.63) is 53.9 Å². The Morgan fingerprint density at radius 2 is 1.73 bits per heavy atom. The number of carbonyl (C=O) groups is 2. The predicted octanol–water partition coefficient (Wildman–Crippen LogP) is 3.03. The second kappa shape index (κ2) is 7.99. The molecule has 6 nitrogen and oxygen atoms in total. The highest BCUT2D eigenvalue weighted by Crippen LogP contribution is 2.17. The number of likely N-dealkylation sites (tertiary alicyclic amines) is 1.